The lowest BCUT2D eigenvalue weighted by Crippen LogP contribution is -2.49. The van der Waals surface area contributed by atoms with Crippen molar-refractivity contribution in [2.24, 2.45) is 5.73 Å². The molecular formula is C11H24N2OS. The first-order chi connectivity index (χ1) is 7.24. The molecule has 1 aliphatic rings. The second kappa shape index (κ2) is 7.49. The predicted molar refractivity (Wildman–Crippen MR) is 67.4 cm³/mol. The maximum absolute atomic E-state index is 5.85. The number of hydrogen-bond acceptors (Lipinski definition) is 4. The normalized spacial score (nSPS) is 25.4. The van der Waals surface area contributed by atoms with Gasteiger partial charge in [-0.05, 0) is 31.4 Å². The van der Waals surface area contributed by atoms with Gasteiger partial charge in [0.05, 0.1) is 12.7 Å². The first-order valence-electron chi connectivity index (χ1n) is 5.91. The lowest BCUT2D eigenvalue weighted by atomic mass is 10.1. The fourth-order valence-electron chi connectivity index (χ4n) is 1.79. The van der Waals surface area contributed by atoms with Crippen molar-refractivity contribution in [2.75, 3.05) is 37.7 Å². The van der Waals surface area contributed by atoms with Gasteiger partial charge in [0.2, 0.25) is 0 Å². The molecule has 1 rings (SSSR count). The van der Waals surface area contributed by atoms with Gasteiger partial charge < -0.3 is 10.5 Å². The molecule has 0 saturated carbocycles. The summed E-state index contributed by atoms with van der Waals surface area (Å²) in [6.07, 6.45) is 1.52. The standard InChI is InChI=1S/C11H24N2OS/c1-3-15-8-4-5-13-6-7-14-11(9-13)10(2)12/h10-11H,3-9,12H2,1-2H3. The van der Waals surface area contributed by atoms with Crippen LogP contribution in [0.4, 0.5) is 0 Å². The van der Waals surface area contributed by atoms with Gasteiger partial charge in [0.1, 0.15) is 0 Å². The molecule has 0 spiro atoms. The molecular weight excluding hydrogens is 208 g/mol. The fraction of sp³-hybridized carbons (Fsp3) is 1.00. The van der Waals surface area contributed by atoms with Crippen molar-refractivity contribution in [1.29, 1.82) is 0 Å². The maximum atomic E-state index is 5.85. The number of nitrogens with zero attached hydrogens (tertiary/aromatic N) is 1. The van der Waals surface area contributed by atoms with Crippen molar-refractivity contribution in [3.8, 4) is 0 Å². The average Bonchev–Trinajstić information content (AvgIpc) is 2.25. The topological polar surface area (TPSA) is 38.5 Å². The highest BCUT2D eigenvalue weighted by atomic mass is 32.2. The van der Waals surface area contributed by atoms with Crippen molar-refractivity contribution in [2.45, 2.75) is 32.4 Å². The molecule has 1 aliphatic heterocycles. The highest BCUT2D eigenvalue weighted by Gasteiger charge is 2.22. The van der Waals surface area contributed by atoms with Crippen molar-refractivity contribution in [1.82, 2.24) is 4.90 Å². The molecule has 0 aromatic rings. The van der Waals surface area contributed by atoms with Gasteiger partial charge in [-0.3, -0.25) is 4.90 Å². The van der Waals surface area contributed by atoms with Crippen LogP contribution in [0.3, 0.4) is 0 Å². The molecule has 90 valence electrons. The second-order valence-electron chi connectivity index (χ2n) is 4.12. The van der Waals surface area contributed by atoms with E-state index in [1.807, 2.05) is 18.7 Å². The van der Waals surface area contributed by atoms with Gasteiger partial charge in [0.15, 0.2) is 0 Å². The molecule has 0 bridgehead atoms. The molecule has 1 saturated heterocycles. The summed E-state index contributed by atoms with van der Waals surface area (Å²) >= 11 is 2.02. The molecule has 1 fully saturated rings. The molecule has 4 heteroatoms. The van der Waals surface area contributed by atoms with Crippen LogP contribution in [0.25, 0.3) is 0 Å². The Morgan fingerprint density at radius 3 is 3.07 bits per heavy atom. The molecule has 2 atom stereocenters. The Kier molecular flexibility index (Phi) is 6.64. The van der Waals surface area contributed by atoms with E-state index in [2.05, 4.69) is 11.8 Å². The van der Waals surface area contributed by atoms with Gasteiger partial charge in [-0.2, -0.15) is 11.8 Å². The summed E-state index contributed by atoms with van der Waals surface area (Å²) in [7, 11) is 0. The summed E-state index contributed by atoms with van der Waals surface area (Å²) in [5.74, 6) is 2.50. The molecule has 3 nitrogen and oxygen atoms in total. The number of thioether (sulfide) groups is 1. The summed E-state index contributed by atoms with van der Waals surface area (Å²) in [5, 5.41) is 0. The van der Waals surface area contributed by atoms with E-state index >= 15 is 0 Å². The quantitative estimate of drug-likeness (QED) is 0.698. The van der Waals surface area contributed by atoms with Gasteiger partial charge in [0, 0.05) is 19.1 Å². The Labute approximate surface area is 97.7 Å². The fourth-order valence-corrected chi connectivity index (χ4v) is 2.41. The molecule has 0 amide bonds. The van der Waals surface area contributed by atoms with E-state index < -0.39 is 0 Å². The van der Waals surface area contributed by atoms with Crippen molar-refractivity contribution in [3.63, 3.8) is 0 Å². The largest absolute Gasteiger partial charge is 0.374 e. The zero-order valence-corrected chi connectivity index (χ0v) is 10.8. The Balaban J connectivity index is 2.13. The number of morpholine rings is 1. The van der Waals surface area contributed by atoms with Crippen LogP contribution in [0.1, 0.15) is 20.3 Å². The minimum atomic E-state index is 0.151. The minimum Gasteiger partial charge on any atom is -0.374 e. The molecule has 2 unspecified atom stereocenters. The second-order valence-corrected chi connectivity index (χ2v) is 5.51. The Morgan fingerprint density at radius 1 is 1.60 bits per heavy atom. The third-order valence-corrected chi connectivity index (χ3v) is 3.72. The first-order valence-corrected chi connectivity index (χ1v) is 7.06. The predicted octanol–water partition coefficient (Wildman–Crippen LogP) is 1.18. The van der Waals surface area contributed by atoms with Crippen LogP contribution in [-0.2, 0) is 4.74 Å². The Morgan fingerprint density at radius 2 is 2.40 bits per heavy atom. The molecule has 2 N–H and O–H groups in total. The summed E-state index contributed by atoms with van der Waals surface area (Å²) in [6, 6.07) is 0.151. The number of hydrogen-bond donors (Lipinski definition) is 1. The monoisotopic (exact) mass is 232 g/mol. The smallest absolute Gasteiger partial charge is 0.0850 e. The van der Waals surface area contributed by atoms with Gasteiger partial charge in [0.25, 0.3) is 0 Å². The number of rotatable bonds is 6. The van der Waals surface area contributed by atoms with Crippen LogP contribution in [0.15, 0.2) is 0 Å². The van der Waals surface area contributed by atoms with Gasteiger partial charge in [-0.1, -0.05) is 6.92 Å². The highest BCUT2D eigenvalue weighted by Crippen LogP contribution is 2.09. The molecule has 0 aromatic carbocycles. The minimum absolute atomic E-state index is 0.151. The zero-order valence-electron chi connectivity index (χ0n) is 9.95. The molecule has 0 aromatic heterocycles. The summed E-state index contributed by atoms with van der Waals surface area (Å²) in [4.78, 5) is 2.48. The maximum Gasteiger partial charge on any atom is 0.0850 e. The zero-order chi connectivity index (χ0) is 11.1. The van der Waals surface area contributed by atoms with Crippen LogP contribution < -0.4 is 5.73 Å². The molecule has 0 radical (unpaired) electrons. The van der Waals surface area contributed by atoms with Crippen LogP contribution in [0.2, 0.25) is 0 Å². The van der Waals surface area contributed by atoms with E-state index in [9.17, 15) is 0 Å². The molecule has 0 aliphatic carbocycles. The van der Waals surface area contributed by atoms with Crippen LogP contribution in [0, 0.1) is 0 Å². The Bertz CT molecular complexity index is 167. The van der Waals surface area contributed by atoms with E-state index in [4.69, 9.17) is 10.5 Å². The Hall–Kier alpha value is 0.230. The number of ether oxygens (including phenoxy) is 1. The van der Waals surface area contributed by atoms with Crippen LogP contribution in [-0.4, -0.2) is 54.8 Å². The van der Waals surface area contributed by atoms with E-state index in [0.29, 0.717) is 0 Å². The summed E-state index contributed by atoms with van der Waals surface area (Å²) in [5.41, 5.74) is 5.85. The summed E-state index contributed by atoms with van der Waals surface area (Å²) in [6.45, 7) is 8.35. The van der Waals surface area contributed by atoms with Crippen LogP contribution >= 0.6 is 11.8 Å². The van der Waals surface area contributed by atoms with E-state index in [1.54, 1.807) is 0 Å². The summed E-state index contributed by atoms with van der Waals surface area (Å²) < 4.78 is 5.63. The third-order valence-electron chi connectivity index (χ3n) is 2.73. The molecule has 1 heterocycles. The van der Waals surface area contributed by atoms with Crippen molar-refractivity contribution in [3.05, 3.63) is 0 Å². The lowest BCUT2D eigenvalue weighted by molar-refractivity contribution is -0.0373. The number of nitrogens with two attached hydrogens (primary N) is 1. The van der Waals surface area contributed by atoms with E-state index in [0.717, 1.165) is 19.7 Å². The SMILES string of the molecule is CCSCCCN1CCOC(C(C)N)C1. The average molecular weight is 232 g/mol. The van der Waals surface area contributed by atoms with Gasteiger partial charge in [-0.15, -0.1) is 0 Å². The van der Waals surface area contributed by atoms with Crippen molar-refractivity contribution >= 4 is 11.8 Å². The first kappa shape index (κ1) is 13.3. The van der Waals surface area contributed by atoms with Gasteiger partial charge >= 0.3 is 0 Å². The lowest BCUT2D eigenvalue weighted by Gasteiger charge is -2.34. The molecule has 15 heavy (non-hydrogen) atoms. The van der Waals surface area contributed by atoms with Crippen LogP contribution in [0.5, 0.6) is 0 Å². The van der Waals surface area contributed by atoms with Crippen molar-refractivity contribution < 1.29 is 4.74 Å². The highest BCUT2D eigenvalue weighted by molar-refractivity contribution is 7.99. The van der Waals surface area contributed by atoms with E-state index in [-0.39, 0.29) is 12.1 Å². The third kappa shape index (κ3) is 5.20. The van der Waals surface area contributed by atoms with Gasteiger partial charge in [-0.25, -0.2) is 0 Å². The van der Waals surface area contributed by atoms with E-state index in [1.165, 1.54) is 24.5 Å².